The van der Waals surface area contributed by atoms with Crippen LogP contribution >= 0.6 is 11.3 Å². The Morgan fingerprint density at radius 3 is 2.90 bits per heavy atom. The minimum absolute atomic E-state index is 0.0175. The third kappa shape index (κ3) is 5.44. The molecule has 1 saturated heterocycles. The number of rotatable bonds is 8. The van der Waals surface area contributed by atoms with Gasteiger partial charge in [0.05, 0.1) is 29.3 Å². The van der Waals surface area contributed by atoms with Crippen LogP contribution in [0, 0.1) is 5.82 Å². The van der Waals surface area contributed by atoms with Gasteiger partial charge < -0.3 is 20.5 Å². The van der Waals surface area contributed by atoms with Crippen LogP contribution in [0.3, 0.4) is 0 Å². The van der Waals surface area contributed by atoms with Crippen molar-refractivity contribution >= 4 is 22.9 Å². The zero-order valence-corrected chi connectivity index (χ0v) is 17.3. The Balaban J connectivity index is 1.33. The van der Waals surface area contributed by atoms with Crippen LogP contribution in [0.15, 0.2) is 71.0 Å². The van der Waals surface area contributed by atoms with Gasteiger partial charge in [-0.15, -0.1) is 11.3 Å². The molecule has 1 fully saturated rings. The third-order valence-electron chi connectivity index (χ3n) is 4.91. The lowest BCUT2D eigenvalue weighted by Gasteiger charge is -2.20. The van der Waals surface area contributed by atoms with Crippen molar-refractivity contribution in [3.63, 3.8) is 0 Å². The number of hydrogen-bond acceptors (Lipinski definition) is 5. The van der Waals surface area contributed by atoms with Crippen molar-refractivity contribution in [3.05, 3.63) is 82.3 Å². The van der Waals surface area contributed by atoms with Gasteiger partial charge in [0.1, 0.15) is 24.0 Å². The monoisotopic (exact) mass is 425 g/mol. The second-order valence-electron chi connectivity index (χ2n) is 7.11. The van der Waals surface area contributed by atoms with Crippen molar-refractivity contribution in [3.8, 4) is 5.75 Å². The summed E-state index contributed by atoms with van der Waals surface area (Å²) in [5.41, 5.74) is 7.65. The van der Waals surface area contributed by atoms with Gasteiger partial charge in [0.25, 0.3) is 0 Å². The van der Waals surface area contributed by atoms with E-state index in [2.05, 4.69) is 10.3 Å². The van der Waals surface area contributed by atoms with Crippen molar-refractivity contribution in [2.24, 2.45) is 10.7 Å². The maximum atomic E-state index is 13.3. The zero-order chi connectivity index (χ0) is 20.8. The van der Waals surface area contributed by atoms with Crippen molar-refractivity contribution in [2.75, 3.05) is 13.2 Å². The molecular weight excluding hydrogens is 401 g/mol. The van der Waals surface area contributed by atoms with Crippen molar-refractivity contribution < 1.29 is 13.9 Å². The van der Waals surface area contributed by atoms with E-state index in [1.54, 1.807) is 17.4 Å². The fourth-order valence-corrected chi connectivity index (χ4v) is 4.01. The van der Waals surface area contributed by atoms with E-state index in [4.69, 9.17) is 15.2 Å². The first kappa shape index (κ1) is 20.5. The molecule has 0 bridgehead atoms. The van der Waals surface area contributed by atoms with Crippen LogP contribution in [0.1, 0.15) is 16.9 Å². The maximum Gasteiger partial charge on any atom is 0.141 e. The number of halogens is 1. The van der Waals surface area contributed by atoms with Gasteiger partial charge in [-0.3, -0.25) is 0 Å². The Morgan fingerprint density at radius 2 is 2.07 bits per heavy atom. The Labute approximate surface area is 179 Å². The van der Waals surface area contributed by atoms with Gasteiger partial charge in [0, 0.05) is 6.07 Å². The standard InChI is InChI=1S/C23H24FN3O2S/c24-17-5-1-4-16(12-17)14-29-21-9-10-26-20(21)15-28-19-7-2-6-18(13-19)27-23(25)22-8-3-11-30-22/h1-8,11-13,20-21,26H,9-10,14-15H2,(H2,25,27)/t20-,21+/m0/s1. The molecule has 2 atom stereocenters. The van der Waals surface area contributed by atoms with Crippen molar-refractivity contribution in [1.82, 2.24) is 5.32 Å². The number of amidine groups is 1. The number of thiophene rings is 1. The largest absolute Gasteiger partial charge is 0.492 e. The van der Waals surface area contributed by atoms with Crippen LogP contribution in [-0.2, 0) is 11.3 Å². The van der Waals surface area contributed by atoms with E-state index in [0.29, 0.717) is 19.0 Å². The van der Waals surface area contributed by atoms with E-state index in [9.17, 15) is 4.39 Å². The second-order valence-corrected chi connectivity index (χ2v) is 8.06. The molecule has 7 heteroatoms. The van der Waals surface area contributed by atoms with E-state index in [0.717, 1.165) is 34.8 Å². The van der Waals surface area contributed by atoms with Gasteiger partial charge in [-0.05, 0) is 54.2 Å². The van der Waals surface area contributed by atoms with E-state index >= 15 is 0 Å². The minimum atomic E-state index is -0.247. The van der Waals surface area contributed by atoms with Crippen LogP contribution in [0.2, 0.25) is 0 Å². The second kappa shape index (κ2) is 9.84. The molecule has 0 radical (unpaired) electrons. The van der Waals surface area contributed by atoms with Gasteiger partial charge in [0.15, 0.2) is 0 Å². The molecule has 5 nitrogen and oxygen atoms in total. The Hall–Kier alpha value is -2.74. The molecule has 156 valence electrons. The van der Waals surface area contributed by atoms with Crippen LogP contribution in [-0.4, -0.2) is 31.1 Å². The predicted octanol–water partition coefficient (Wildman–Crippen LogP) is 4.25. The van der Waals surface area contributed by atoms with Crippen LogP contribution in [0.4, 0.5) is 10.1 Å². The number of nitrogens with zero attached hydrogens (tertiary/aromatic N) is 1. The summed E-state index contributed by atoms with van der Waals surface area (Å²) in [5.74, 6) is 0.973. The topological polar surface area (TPSA) is 68.9 Å². The molecule has 0 aliphatic carbocycles. The Kier molecular flexibility index (Phi) is 6.74. The van der Waals surface area contributed by atoms with Gasteiger partial charge in [-0.25, -0.2) is 9.38 Å². The molecule has 3 N–H and O–H groups in total. The summed E-state index contributed by atoms with van der Waals surface area (Å²) in [6.45, 7) is 1.72. The van der Waals surface area contributed by atoms with E-state index in [1.807, 2.05) is 47.8 Å². The predicted molar refractivity (Wildman–Crippen MR) is 118 cm³/mol. The lowest BCUT2D eigenvalue weighted by atomic mass is 10.2. The highest BCUT2D eigenvalue weighted by Crippen LogP contribution is 2.23. The summed E-state index contributed by atoms with van der Waals surface area (Å²) in [6, 6.07) is 18.0. The summed E-state index contributed by atoms with van der Waals surface area (Å²) >= 11 is 1.56. The first-order valence-electron chi connectivity index (χ1n) is 9.88. The zero-order valence-electron chi connectivity index (χ0n) is 16.5. The molecule has 1 aliphatic rings. The summed E-state index contributed by atoms with van der Waals surface area (Å²) in [5, 5.41) is 5.39. The van der Waals surface area contributed by atoms with Crippen molar-refractivity contribution in [1.29, 1.82) is 0 Å². The molecule has 3 aromatic rings. The highest BCUT2D eigenvalue weighted by Gasteiger charge is 2.28. The normalized spacial score (nSPS) is 19.2. The molecule has 2 heterocycles. The number of nitrogens with two attached hydrogens (primary N) is 1. The van der Waals surface area contributed by atoms with Crippen LogP contribution in [0.5, 0.6) is 5.75 Å². The number of nitrogens with one attached hydrogen (secondary N) is 1. The molecule has 1 aromatic heterocycles. The Morgan fingerprint density at radius 1 is 1.17 bits per heavy atom. The fourth-order valence-electron chi connectivity index (χ4n) is 3.39. The molecule has 0 amide bonds. The van der Waals surface area contributed by atoms with Crippen LogP contribution < -0.4 is 15.8 Å². The van der Waals surface area contributed by atoms with E-state index < -0.39 is 0 Å². The summed E-state index contributed by atoms with van der Waals surface area (Å²) < 4.78 is 25.4. The van der Waals surface area contributed by atoms with Crippen LogP contribution in [0.25, 0.3) is 0 Å². The highest BCUT2D eigenvalue weighted by molar-refractivity contribution is 7.12. The third-order valence-corrected chi connectivity index (χ3v) is 5.80. The maximum absolute atomic E-state index is 13.3. The van der Waals surface area contributed by atoms with Gasteiger partial charge >= 0.3 is 0 Å². The number of aliphatic imine (C=N–C) groups is 1. The molecule has 2 aromatic carbocycles. The minimum Gasteiger partial charge on any atom is -0.492 e. The van der Waals surface area contributed by atoms with E-state index in [1.165, 1.54) is 12.1 Å². The first-order chi connectivity index (χ1) is 14.7. The highest BCUT2D eigenvalue weighted by atomic mass is 32.1. The van der Waals surface area contributed by atoms with Crippen molar-refractivity contribution in [2.45, 2.75) is 25.2 Å². The lowest BCUT2D eigenvalue weighted by Crippen LogP contribution is -2.37. The van der Waals surface area contributed by atoms with Gasteiger partial charge in [-0.1, -0.05) is 24.3 Å². The molecule has 4 rings (SSSR count). The number of ether oxygens (including phenoxy) is 2. The Bertz CT molecular complexity index is 994. The molecule has 0 unspecified atom stereocenters. The summed E-state index contributed by atoms with van der Waals surface area (Å²) in [6.07, 6.45) is 0.911. The first-order valence-corrected chi connectivity index (χ1v) is 10.8. The average Bonchev–Trinajstić information content (AvgIpc) is 3.43. The molecule has 0 saturated carbocycles. The lowest BCUT2D eigenvalue weighted by molar-refractivity contribution is 0.0224. The smallest absolute Gasteiger partial charge is 0.141 e. The molecule has 0 spiro atoms. The molecule has 30 heavy (non-hydrogen) atoms. The van der Waals surface area contributed by atoms with E-state index in [-0.39, 0.29) is 18.0 Å². The van der Waals surface area contributed by atoms with Gasteiger partial charge in [-0.2, -0.15) is 0 Å². The fraction of sp³-hybridized carbons (Fsp3) is 0.261. The summed E-state index contributed by atoms with van der Waals surface area (Å²) in [4.78, 5) is 5.42. The number of benzene rings is 2. The molecular formula is C23H24FN3O2S. The SMILES string of the molecule is NC(=Nc1cccc(OC[C@@H]2NCC[C@H]2OCc2cccc(F)c2)c1)c1cccs1. The molecule has 1 aliphatic heterocycles. The average molecular weight is 426 g/mol. The van der Waals surface area contributed by atoms with Gasteiger partial charge in [0.2, 0.25) is 0 Å². The summed E-state index contributed by atoms with van der Waals surface area (Å²) in [7, 11) is 0. The number of hydrogen-bond donors (Lipinski definition) is 2. The quantitative estimate of drug-likeness (QED) is 0.418.